The Balaban J connectivity index is 1.20. The van der Waals surface area contributed by atoms with Gasteiger partial charge >= 0.3 is 5.92 Å². The second-order valence-corrected chi connectivity index (χ2v) is 13.1. The van der Waals surface area contributed by atoms with Crippen LogP contribution in [0.4, 0.5) is 14.5 Å². The molecule has 0 N–H and O–H groups in total. The Morgan fingerprint density at radius 3 is 2.39 bits per heavy atom. The molecule has 0 saturated heterocycles. The lowest BCUT2D eigenvalue weighted by Gasteiger charge is -2.67. The van der Waals surface area contributed by atoms with Crippen LogP contribution in [0.15, 0.2) is 33.3 Å². The summed E-state index contributed by atoms with van der Waals surface area (Å²) in [4.78, 5) is 19.8. The molecule has 36 heavy (non-hydrogen) atoms. The molecule has 1 aromatic carbocycles. The van der Waals surface area contributed by atoms with E-state index >= 15 is 0 Å². The molecule has 2 aromatic rings. The average molecular weight is 559 g/mol. The van der Waals surface area contributed by atoms with Crippen LogP contribution in [0, 0.1) is 27.6 Å². The van der Waals surface area contributed by atoms with Crippen molar-refractivity contribution in [3.8, 4) is 6.07 Å². The molecule has 8 rings (SSSR count). The van der Waals surface area contributed by atoms with Crippen LogP contribution in [0.3, 0.4) is 0 Å². The second kappa shape index (κ2) is 7.83. The van der Waals surface area contributed by atoms with Gasteiger partial charge in [-0.1, -0.05) is 27.2 Å². The van der Waals surface area contributed by atoms with Gasteiger partial charge in [-0.2, -0.15) is 19.0 Å². The topological polar surface area (TPSA) is 83.0 Å². The summed E-state index contributed by atoms with van der Waals surface area (Å²) in [6, 6.07) is 10.3. The largest absolute Gasteiger partial charge is 0.333 e. The minimum absolute atomic E-state index is 0.000690. The van der Waals surface area contributed by atoms with E-state index in [1.54, 1.807) is 0 Å². The molecule has 0 unspecified atom stereocenters. The van der Waals surface area contributed by atoms with Gasteiger partial charge in [0.1, 0.15) is 0 Å². The number of hydrogen-bond acceptors (Lipinski definition) is 5. The highest BCUT2D eigenvalue weighted by Gasteiger charge is 2.69. The number of nitrogens with zero attached hydrogens (tertiary/aromatic N) is 4. The standard InChI is InChI=1S/C27H29BrF2N4O2/c1-23(29,30)22-32-21(33-36-22)27-8-5-24(6-9-27,7-10-27)17-34(19-4-2-3-18(28)11-19)20(35)12-25-13-26(14-25,15-25)16-31/h2-4,11H,5-10,12-15,17H2,1H3. The number of alkyl halides is 2. The van der Waals surface area contributed by atoms with Gasteiger partial charge in [-0.15, -0.1) is 0 Å². The smallest absolute Gasteiger partial charge is 0.322 e. The average Bonchev–Trinajstić information content (AvgIpc) is 3.32. The number of carbonyl (C=O) groups is 1. The first-order valence-electron chi connectivity index (χ1n) is 12.7. The minimum Gasteiger partial charge on any atom is -0.333 e. The number of amides is 1. The van der Waals surface area contributed by atoms with Crippen molar-refractivity contribution in [2.75, 3.05) is 11.4 Å². The van der Waals surface area contributed by atoms with E-state index in [0.29, 0.717) is 18.8 Å². The fourth-order valence-corrected chi connectivity index (χ4v) is 7.86. The summed E-state index contributed by atoms with van der Waals surface area (Å²) >= 11 is 3.55. The zero-order valence-corrected chi connectivity index (χ0v) is 21.9. The monoisotopic (exact) mass is 558 g/mol. The maximum absolute atomic E-state index is 13.7. The summed E-state index contributed by atoms with van der Waals surface area (Å²) in [5, 5.41) is 13.3. The zero-order chi connectivity index (χ0) is 25.4. The number of rotatable bonds is 7. The lowest BCUT2D eigenvalue weighted by atomic mass is 9.35. The molecule has 1 heterocycles. The van der Waals surface area contributed by atoms with Gasteiger partial charge in [-0.3, -0.25) is 4.79 Å². The van der Waals surface area contributed by atoms with E-state index < -0.39 is 11.8 Å². The fourth-order valence-electron chi connectivity index (χ4n) is 7.48. The van der Waals surface area contributed by atoms with Crippen LogP contribution < -0.4 is 4.90 Å². The summed E-state index contributed by atoms with van der Waals surface area (Å²) in [5.41, 5.74) is 0.374. The van der Waals surface area contributed by atoms with Gasteiger partial charge in [0.05, 0.1) is 11.5 Å². The molecular formula is C27H29BrF2N4O2. The fraction of sp³-hybridized carbons (Fsp3) is 0.630. The third-order valence-corrected chi connectivity index (χ3v) is 9.99. The van der Waals surface area contributed by atoms with Crippen molar-refractivity contribution in [1.29, 1.82) is 5.26 Å². The van der Waals surface area contributed by atoms with Crippen LogP contribution in [0.5, 0.6) is 0 Å². The van der Waals surface area contributed by atoms with E-state index in [9.17, 15) is 18.8 Å². The first-order chi connectivity index (χ1) is 17.0. The van der Waals surface area contributed by atoms with E-state index in [4.69, 9.17) is 4.52 Å². The van der Waals surface area contributed by atoms with E-state index in [2.05, 4.69) is 32.1 Å². The highest BCUT2D eigenvalue weighted by molar-refractivity contribution is 9.10. The maximum atomic E-state index is 13.7. The van der Waals surface area contributed by atoms with Gasteiger partial charge in [0, 0.05) is 35.5 Å². The first kappa shape index (κ1) is 24.0. The van der Waals surface area contributed by atoms with Crippen LogP contribution >= 0.6 is 15.9 Å². The number of benzene rings is 1. The summed E-state index contributed by atoms with van der Waals surface area (Å²) < 4.78 is 33.2. The van der Waals surface area contributed by atoms with Crippen LogP contribution in [0.1, 0.15) is 82.8 Å². The van der Waals surface area contributed by atoms with Crippen molar-refractivity contribution < 1.29 is 18.1 Å². The summed E-state index contributed by atoms with van der Waals surface area (Å²) in [6.45, 7) is 1.41. The molecule has 6 aliphatic carbocycles. The molecule has 9 heteroatoms. The number of aromatic nitrogens is 2. The third kappa shape index (κ3) is 3.79. The summed E-state index contributed by atoms with van der Waals surface area (Å²) in [7, 11) is 0. The first-order valence-corrected chi connectivity index (χ1v) is 13.5. The quantitative estimate of drug-likeness (QED) is 0.379. The Morgan fingerprint density at radius 1 is 1.17 bits per heavy atom. The molecule has 190 valence electrons. The van der Waals surface area contributed by atoms with E-state index in [1.807, 2.05) is 29.2 Å². The maximum Gasteiger partial charge on any atom is 0.322 e. The Kier molecular flexibility index (Phi) is 5.23. The van der Waals surface area contributed by atoms with Crippen molar-refractivity contribution in [3.05, 3.63) is 40.5 Å². The molecule has 6 saturated carbocycles. The highest BCUT2D eigenvalue weighted by atomic mass is 79.9. The zero-order valence-electron chi connectivity index (χ0n) is 20.3. The second-order valence-electron chi connectivity index (χ2n) is 12.2. The van der Waals surface area contributed by atoms with E-state index in [0.717, 1.165) is 74.9 Å². The summed E-state index contributed by atoms with van der Waals surface area (Å²) in [6.07, 6.45) is 8.08. The van der Waals surface area contributed by atoms with Gasteiger partial charge in [-0.05, 0) is 86.8 Å². The van der Waals surface area contributed by atoms with Crippen molar-refractivity contribution in [3.63, 3.8) is 0 Å². The van der Waals surface area contributed by atoms with Crippen LogP contribution in [0.25, 0.3) is 0 Å². The normalized spacial score (nSPS) is 34.4. The minimum atomic E-state index is -3.15. The molecule has 6 fully saturated rings. The molecule has 4 bridgehead atoms. The van der Waals surface area contributed by atoms with Crippen molar-refractivity contribution >= 4 is 27.5 Å². The lowest BCUT2D eigenvalue weighted by Crippen LogP contribution is -2.62. The van der Waals surface area contributed by atoms with Gasteiger partial charge in [0.15, 0.2) is 5.82 Å². The Morgan fingerprint density at radius 2 is 1.83 bits per heavy atom. The Hall–Kier alpha value is -2.34. The molecule has 0 spiro atoms. The molecule has 1 amide bonds. The Labute approximate surface area is 217 Å². The molecule has 0 aliphatic heterocycles. The van der Waals surface area contributed by atoms with Crippen molar-refractivity contribution in [2.45, 2.75) is 82.5 Å². The number of fused-ring (bicyclic) bond motifs is 3. The van der Waals surface area contributed by atoms with Crippen LogP contribution in [-0.4, -0.2) is 22.6 Å². The van der Waals surface area contributed by atoms with Crippen molar-refractivity contribution in [2.24, 2.45) is 16.2 Å². The molecule has 0 radical (unpaired) electrons. The molecular weight excluding hydrogens is 530 g/mol. The highest BCUT2D eigenvalue weighted by Crippen LogP contribution is 2.74. The number of halogens is 3. The number of nitriles is 1. The van der Waals surface area contributed by atoms with E-state index in [1.165, 1.54) is 0 Å². The number of carbonyl (C=O) groups excluding carboxylic acids is 1. The molecule has 0 atom stereocenters. The molecule has 6 nitrogen and oxygen atoms in total. The lowest BCUT2D eigenvalue weighted by molar-refractivity contribution is -0.173. The predicted molar refractivity (Wildman–Crippen MR) is 131 cm³/mol. The Bertz CT molecular complexity index is 1220. The van der Waals surface area contributed by atoms with Crippen LogP contribution in [-0.2, 0) is 16.1 Å². The molecule has 6 aliphatic rings. The van der Waals surface area contributed by atoms with Crippen molar-refractivity contribution in [1.82, 2.24) is 10.1 Å². The van der Waals surface area contributed by atoms with Gasteiger partial charge in [0.25, 0.3) is 5.89 Å². The van der Waals surface area contributed by atoms with E-state index in [-0.39, 0.29) is 27.6 Å². The van der Waals surface area contributed by atoms with Crippen LogP contribution in [0.2, 0.25) is 0 Å². The van der Waals surface area contributed by atoms with Gasteiger partial charge < -0.3 is 9.42 Å². The third-order valence-electron chi connectivity index (χ3n) is 9.50. The molecule has 1 aromatic heterocycles. The summed E-state index contributed by atoms with van der Waals surface area (Å²) in [5.74, 6) is -3.23. The predicted octanol–water partition coefficient (Wildman–Crippen LogP) is 6.65. The number of hydrogen-bond donors (Lipinski definition) is 0. The SMILES string of the molecule is CC(F)(F)c1nc(C23CCC(CN(C(=O)CC45CC(C#N)(C4)C5)c4cccc(Br)c4)(CC2)CC3)no1. The number of anilines is 1. The van der Waals surface area contributed by atoms with Gasteiger partial charge in [0.2, 0.25) is 5.91 Å². The van der Waals surface area contributed by atoms with Gasteiger partial charge in [-0.25, -0.2) is 0 Å².